The molecular weight excluding hydrogens is 411 g/mol. The zero-order valence-electron chi connectivity index (χ0n) is 18.2. The van der Waals surface area contributed by atoms with Crippen molar-refractivity contribution in [1.82, 2.24) is 25.1 Å². The van der Waals surface area contributed by atoms with Gasteiger partial charge >= 0.3 is 0 Å². The molecule has 3 atom stereocenters. The third kappa shape index (κ3) is 3.71. The lowest BCUT2D eigenvalue weighted by Crippen LogP contribution is -2.57. The molecule has 2 bridgehead atoms. The molecule has 4 heterocycles. The van der Waals surface area contributed by atoms with Crippen LogP contribution in [-0.2, 0) is 4.74 Å². The molecule has 168 valence electrons. The number of phenols is 1. The number of nitrogens with zero attached hydrogens (tertiary/aromatic N) is 5. The third-order valence-electron chi connectivity index (χ3n) is 6.77. The van der Waals surface area contributed by atoms with Crippen molar-refractivity contribution < 1.29 is 14.2 Å². The zero-order valence-corrected chi connectivity index (χ0v) is 18.2. The first-order valence-corrected chi connectivity index (χ1v) is 10.8. The van der Waals surface area contributed by atoms with E-state index in [-0.39, 0.29) is 17.0 Å². The molecule has 2 saturated heterocycles. The van der Waals surface area contributed by atoms with Crippen LogP contribution in [0.15, 0.2) is 43.0 Å². The van der Waals surface area contributed by atoms with E-state index in [9.17, 15) is 9.50 Å². The normalized spacial score (nSPS) is 24.6. The molecule has 3 aromatic rings. The van der Waals surface area contributed by atoms with Gasteiger partial charge in [-0.15, -0.1) is 10.2 Å². The maximum Gasteiger partial charge on any atom is 0.151 e. The summed E-state index contributed by atoms with van der Waals surface area (Å²) in [7, 11) is 3.79. The van der Waals surface area contributed by atoms with Gasteiger partial charge < -0.3 is 24.6 Å². The summed E-state index contributed by atoms with van der Waals surface area (Å²) in [5.74, 6) is 0.206. The Balaban J connectivity index is 1.36. The summed E-state index contributed by atoms with van der Waals surface area (Å²) in [6.45, 7) is 0.707. The molecule has 0 spiro atoms. The van der Waals surface area contributed by atoms with E-state index in [1.54, 1.807) is 25.6 Å². The Morgan fingerprint density at radius 2 is 2.22 bits per heavy atom. The molecule has 2 aromatic heterocycles. The Morgan fingerprint density at radius 1 is 1.34 bits per heavy atom. The molecule has 0 amide bonds. The van der Waals surface area contributed by atoms with Crippen molar-refractivity contribution in [2.45, 2.75) is 43.3 Å². The van der Waals surface area contributed by atoms with E-state index in [1.165, 1.54) is 23.0 Å². The minimum Gasteiger partial charge on any atom is -0.507 e. The fraction of sp³-hybridized carbons (Fsp3) is 0.435. The first-order chi connectivity index (χ1) is 15.5. The average molecular weight is 439 g/mol. The molecule has 2 aliphatic rings. The van der Waals surface area contributed by atoms with Crippen LogP contribution >= 0.6 is 0 Å². The van der Waals surface area contributed by atoms with Gasteiger partial charge in [0.05, 0.1) is 24.3 Å². The van der Waals surface area contributed by atoms with E-state index in [1.807, 2.05) is 13.1 Å². The molecule has 9 heteroatoms. The third-order valence-corrected chi connectivity index (χ3v) is 6.77. The maximum atomic E-state index is 14.7. The topological polar surface area (TPSA) is 88.3 Å². The number of benzene rings is 1. The lowest BCUT2D eigenvalue weighted by molar-refractivity contribution is 0.0939. The molecule has 0 aliphatic carbocycles. The quantitative estimate of drug-likeness (QED) is 0.612. The number of nitrogens with one attached hydrogen (secondary N) is 1. The number of methoxy groups -OCH3 is 1. The molecular formula is C23H27FN6O2. The molecule has 0 radical (unpaired) electrons. The molecule has 5 rings (SSSR count). The van der Waals surface area contributed by atoms with Crippen LogP contribution < -0.4 is 10.2 Å². The number of imidazole rings is 1. The van der Waals surface area contributed by atoms with Crippen LogP contribution in [0.5, 0.6) is 5.75 Å². The van der Waals surface area contributed by atoms with Crippen LogP contribution in [0.2, 0.25) is 0 Å². The van der Waals surface area contributed by atoms with Gasteiger partial charge in [0.15, 0.2) is 5.82 Å². The van der Waals surface area contributed by atoms with Crippen molar-refractivity contribution >= 4 is 5.82 Å². The van der Waals surface area contributed by atoms with Crippen LogP contribution in [-0.4, -0.2) is 63.2 Å². The summed E-state index contributed by atoms with van der Waals surface area (Å²) in [6, 6.07) is 7.11. The lowest BCUT2D eigenvalue weighted by atomic mass is 9.87. The van der Waals surface area contributed by atoms with Crippen LogP contribution in [0.25, 0.3) is 16.9 Å². The molecule has 8 nitrogen and oxygen atoms in total. The van der Waals surface area contributed by atoms with E-state index in [0.29, 0.717) is 29.9 Å². The highest BCUT2D eigenvalue weighted by molar-refractivity contribution is 5.69. The van der Waals surface area contributed by atoms with Crippen molar-refractivity contribution in [3.63, 3.8) is 0 Å². The summed E-state index contributed by atoms with van der Waals surface area (Å²) in [5.41, 5.74) is 0.965. The molecule has 1 aromatic carbocycles. The second kappa shape index (κ2) is 8.14. The fourth-order valence-corrected chi connectivity index (χ4v) is 5.17. The van der Waals surface area contributed by atoms with E-state index in [4.69, 9.17) is 4.74 Å². The number of hydrogen-bond donors (Lipinski definition) is 2. The van der Waals surface area contributed by atoms with Crippen LogP contribution in [0.3, 0.4) is 0 Å². The van der Waals surface area contributed by atoms with Crippen LogP contribution in [0, 0.1) is 5.82 Å². The van der Waals surface area contributed by atoms with Crippen LogP contribution in [0.4, 0.5) is 10.2 Å². The van der Waals surface area contributed by atoms with E-state index >= 15 is 0 Å². The monoisotopic (exact) mass is 438 g/mol. The lowest BCUT2D eigenvalue weighted by Gasteiger charge is -2.42. The average Bonchev–Trinajstić information content (AvgIpc) is 3.43. The summed E-state index contributed by atoms with van der Waals surface area (Å²) < 4.78 is 21.7. The van der Waals surface area contributed by atoms with Gasteiger partial charge in [-0.3, -0.25) is 0 Å². The zero-order chi connectivity index (χ0) is 22.3. The first-order valence-electron chi connectivity index (χ1n) is 10.8. The second-order valence-corrected chi connectivity index (χ2v) is 8.87. The standard InChI is InChI=1S/C23H27FN6O2/c1-29(16-9-15-5-6-23(12-16,26-15)13-32-2)22-4-3-19(27-28-22)17-10-18(24)20(11-21(17)31)30-8-7-25-14-30/h3-4,7-8,10-11,14-16,26,31H,5-6,9,12-13H2,1-2H3/t15-,16-,23+/m1/s1. The van der Waals surface area contributed by atoms with Crippen molar-refractivity contribution in [2.24, 2.45) is 0 Å². The Hall–Kier alpha value is -3.04. The number of phenolic OH excluding ortho intramolecular Hbond substituents is 1. The van der Waals surface area contributed by atoms with E-state index in [0.717, 1.165) is 31.5 Å². The first kappa shape index (κ1) is 20.8. The number of aromatic hydroxyl groups is 1. The van der Waals surface area contributed by atoms with Crippen molar-refractivity contribution in [3.05, 3.63) is 48.8 Å². The van der Waals surface area contributed by atoms with Gasteiger partial charge in [-0.05, 0) is 43.9 Å². The number of ether oxygens (including phenoxy) is 1. The van der Waals surface area contributed by atoms with Gasteiger partial charge in [-0.2, -0.15) is 0 Å². The number of anilines is 1. The van der Waals surface area contributed by atoms with E-state index < -0.39 is 5.82 Å². The molecule has 2 fully saturated rings. The number of rotatable bonds is 6. The highest BCUT2D eigenvalue weighted by Gasteiger charge is 2.46. The molecule has 2 aliphatic heterocycles. The maximum absolute atomic E-state index is 14.7. The summed E-state index contributed by atoms with van der Waals surface area (Å²) in [4.78, 5) is 6.09. The number of hydrogen-bond acceptors (Lipinski definition) is 7. The second-order valence-electron chi connectivity index (χ2n) is 8.87. The minimum atomic E-state index is -0.479. The highest BCUT2D eigenvalue weighted by atomic mass is 19.1. The number of aromatic nitrogens is 4. The number of fused-ring (bicyclic) bond motifs is 2. The molecule has 2 N–H and O–H groups in total. The predicted octanol–water partition coefficient (Wildman–Crippen LogP) is 2.91. The summed E-state index contributed by atoms with van der Waals surface area (Å²) in [6.07, 6.45) is 8.97. The van der Waals surface area contributed by atoms with Crippen molar-refractivity contribution in [3.8, 4) is 22.7 Å². The smallest absolute Gasteiger partial charge is 0.151 e. The summed E-state index contributed by atoms with van der Waals surface area (Å²) in [5, 5.41) is 22.9. The predicted molar refractivity (Wildman–Crippen MR) is 118 cm³/mol. The Bertz CT molecular complexity index is 1090. The van der Waals surface area contributed by atoms with Gasteiger partial charge in [0, 0.05) is 55.8 Å². The van der Waals surface area contributed by atoms with Gasteiger partial charge in [0.2, 0.25) is 0 Å². The molecule has 32 heavy (non-hydrogen) atoms. The van der Waals surface area contributed by atoms with Crippen molar-refractivity contribution in [2.75, 3.05) is 25.7 Å². The molecule has 0 unspecified atom stereocenters. The van der Waals surface area contributed by atoms with Gasteiger partial charge in [0.1, 0.15) is 11.6 Å². The van der Waals surface area contributed by atoms with E-state index in [2.05, 4.69) is 25.4 Å². The largest absolute Gasteiger partial charge is 0.507 e. The van der Waals surface area contributed by atoms with Crippen LogP contribution in [0.1, 0.15) is 25.7 Å². The van der Waals surface area contributed by atoms with Gasteiger partial charge in [0.25, 0.3) is 0 Å². The fourth-order valence-electron chi connectivity index (χ4n) is 5.17. The minimum absolute atomic E-state index is 0.0320. The van der Waals surface area contributed by atoms with Crippen molar-refractivity contribution in [1.29, 1.82) is 0 Å². The van der Waals surface area contributed by atoms with Gasteiger partial charge in [-0.1, -0.05) is 0 Å². The summed E-state index contributed by atoms with van der Waals surface area (Å²) >= 11 is 0. The number of piperidine rings is 1. The number of halogens is 1. The Kier molecular flexibility index (Phi) is 5.30. The Labute approximate surface area is 186 Å². The highest BCUT2D eigenvalue weighted by Crippen LogP contribution is 2.39. The van der Waals surface area contributed by atoms with Gasteiger partial charge in [-0.25, -0.2) is 9.37 Å². The molecule has 0 saturated carbocycles. The SMILES string of the molecule is COC[C@]12CC[C@H](C[C@@H](N(C)c3ccc(-c4cc(F)c(-n5ccnc5)cc4O)nn3)C1)N2. The Morgan fingerprint density at radius 3 is 2.94 bits per heavy atom.